The van der Waals surface area contributed by atoms with Gasteiger partial charge in [0.15, 0.2) is 0 Å². The van der Waals surface area contributed by atoms with Crippen molar-refractivity contribution in [3.05, 3.63) is 35.9 Å². The molecule has 2 aliphatic rings. The van der Waals surface area contributed by atoms with Crippen molar-refractivity contribution in [1.29, 1.82) is 0 Å². The van der Waals surface area contributed by atoms with E-state index in [1.54, 1.807) is 0 Å². The van der Waals surface area contributed by atoms with Gasteiger partial charge in [0.1, 0.15) is 6.10 Å². The molecule has 2 N–H and O–H groups in total. The smallest absolute Gasteiger partial charge is 0.227 e. The third kappa shape index (κ3) is 3.59. The molecule has 126 valence electrons. The van der Waals surface area contributed by atoms with E-state index in [1.807, 2.05) is 36.9 Å². The van der Waals surface area contributed by atoms with Gasteiger partial charge >= 0.3 is 0 Å². The second kappa shape index (κ2) is 6.62. The lowest BCUT2D eigenvalue weighted by atomic mass is 9.74. The van der Waals surface area contributed by atoms with Gasteiger partial charge in [-0.2, -0.15) is 0 Å². The summed E-state index contributed by atoms with van der Waals surface area (Å²) in [6.45, 7) is 5.36. The first-order valence-electron chi connectivity index (χ1n) is 8.75. The van der Waals surface area contributed by atoms with E-state index in [9.17, 15) is 4.79 Å². The number of morpholine rings is 1. The van der Waals surface area contributed by atoms with Crippen LogP contribution in [0.3, 0.4) is 0 Å². The van der Waals surface area contributed by atoms with Crippen LogP contribution in [0, 0.1) is 5.92 Å². The highest BCUT2D eigenvalue weighted by Gasteiger charge is 2.41. The number of hydrogen-bond donors (Lipinski definition) is 1. The number of rotatable bonds is 2. The van der Waals surface area contributed by atoms with Gasteiger partial charge in [0.05, 0.1) is 18.6 Å². The largest absolute Gasteiger partial charge is 0.367 e. The van der Waals surface area contributed by atoms with Crippen molar-refractivity contribution in [3.63, 3.8) is 0 Å². The minimum Gasteiger partial charge on any atom is -0.367 e. The molecule has 0 spiro atoms. The molecular formula is C19H28N2O2. The first-order valence-corrected chi connectivity index (χ1v) is 8.75. The molecule has 4 atom stereocenters. The van der Waals surface area contributed by atoms with E-state index in [-0.39, 0.29) is 29.6 Å². The lowest BCUT2D eigenvalue weighted by Crippen LogP contribution is -2.56. The molecular weight excluding hydrogens is 288 g/mol. The molecule has 0 radical (unpaired) electrons. The van der Waals surface area contributed by atoms with Gasteiger partial charge in [-0.25, -0.2) is 0 Å². The zero-order valence-corrected chi connectivity index (χ0v) is 14.2. The number of nitrogens with two attached hydrogens (primary N) is 1. The summed E-state index contributed by atoms with van der Waals surface area (Å²) in [5.41, 5.74) is 7.19. The molecule has 2 fully saturated rings. The van der Waals surface area contributed by atoms with Crippen molar-refractivity contribution in [1.82, 2.24) is 4.90 Å². The third-order valence-corrected chi connectivity index (χ3v) is 5.30. The summed E-state index contributed by atoms with van der Waals surface area (Å²) in [5, 5.41) is 0. The zero-order valence-electron chi connectivity index (χ0n) is 14.2. The molecule has 23 heavy (non-hydrogen) atoms. The first-order chi connectivity index (χ1) is 11.0. The quantitative estimate of drug-likeness (QED) is 0.913. The normalized spacial score (nSPS) is 35.1. The Balaban J connectivity index is 1.75. The maximum Gasteiger partial charge on any atom is 0.227 e. The van der Waals surface area contributed by atoms with Crippen molar-refractivity contribution in [2.24, 2.45) is 11.7 Å². The third-order valence-electron chi connectivity index (χ3n) is 5.30. The van der Waals surface area contributed by atoms with Gasteiger partial charge in [0.2, 0.25) is 5.91 Å². The monoisotopic (exact) mass is 316 g/mol. The Hall–Kier alpha value is -1.39. The minimum absolute atomic E-state index is 0.0449. The van der Waals surface area contributed by atoms with Gasteiger partial charge < -0.3 is 15.4 Å². The minimum atomic E-state index is -0.376. The van der Waals surface area contributed by atoms with E-state index in [2.05, 4.69) is 12.1 Å². The summed E-state index contributed by atoms with van der Waals surface area (Å²) >= 11 is 0. The molecule has 4 nitrogen and oxygen atoms in total. The van der Waals surface area contributed by atoms with Gasteiger partial charge in [-0.05, 0) is 32.3 Å². The number of carbonyl (C=O) groups excluding carboxylic acids is 1. The summed E-state index contributed by atoms with van der Waals surface area (Å²) < 4.78 is 6.07. The van der Waals surface area contributed by atoms with E-state index in [1.165, 1.54) is 0 Å². The Morgan fingerprint density at radius 3 is 2.70 bits per heavy atom. The predicted molar refractivity (Wildman–Crippen MR) is 90.9 cm³/mol. The molecule has 1 saturated carbocycles. The number of carbonyl (C=O) groups is 1. The van der Waals surface area contributed by atoms with Crippen LogP contribution in [0.5, 0.6) is 0 Å². The predicted octanol–water partition coefficient (Wildman–Crippen LogP) is 2.88. The van der Waals surface area contributed by atoms with Crippen molar-refractivity contribution in [2.75, 3.05) is 13.1 Å². The topological polar surface area (TPSA) is 55.6 Å². The Labute approximate surface area is 139 Å². The lowest BCUT2D eigenvalue weighted by Gasteiger charge is -2.43. The van der Waals surface area contributed by atoms with Crippen molar-refractivity contribution < 1.29 is 9.53 Å². The second-order valence-corrected chi connectivity index (χ2v) is 7.39. The number of ether oxygens (including phenoxy) is 1. The Morgan fingerprint density at radius 1 is 1.26 bits per heavy atom. The van der Waals surface area contributed by atoms with Crippen LogP contribution in [0.15, 0.2) is 30.3 Å². The van der Waals surface area contributed by atoms with E-state index in [0.717, 1.165) is 31.2 Å². The number of benzene rings is 1. The van der Waals surface area contributed by atoms with Crippen molar-refractivity contribution in [3.8, 4) is 0 Å². The Kier molecular flexibility index (Phi) is 4.74. The highest BCUT2D eigenvalue weighted by Crippen LogP contribution is 2.34. The van der Waals surface area contributed by atoms with Gasteiger partial charge in [-0.15, -0.1) is 0 Å². The molecule has 1 aromatic rings. The molecule has 4 unspecified atom stereocenters. The van der Waals surface area contributed by atoms with E-state index < -0.39 is 0 Å². The Morgan fingerprint density at radius 2 is 2.00 bits per heavy atom. The maximum absolute atomic E-state index is 13.1. The summed E-state index contributed by atoms with van der Waals surface area (Å²) in [7, 11) is 0. The van der Waals surface area contributed by atoms with Crippen LogP contribution in [0.1, 0.15) is 51.2 Å². The van der Waals surface area contributed by atoms with E-state index in [0.29, 0.717) is 13.1 Å². The fraction of sp³-hybridized carbons (Fsp3) is 0.632. The number of amides is 1. The molecule has 3 rings (SSSR count). The molecule has 1 heterocycles. The molecule has 1 saturated heterocycles. The average molecular weight is 316 g/mol. The Bertz CT molecular complexity index is 544. The summed E-state index contributed by atoms with van der Waals surface area (Å²) in [6.07, 6.45) is 4.08. The molecule has 4 heteroatoms. The fourth-order valence-electron chi connectivity index (χ4n) is 3.97. The first kappa shape index (κ1) is 16.5. The van der Waals surface area contributed by atoms with Crippen LogP contribution >= 0.6 is 0 Å². The second-order valence-electron chi connectivity index (χ2n) is 7.39. The average Bonchev–Trinajstić information content (AvgIpc) is 2.54. The van der Waals surface area contributed by atoms with Gasteiger partial charge in [0, 0.05) is 12.1 Å². The van der Waals surface area contributed by atoms with Crippen LogP contribution in [0.4, 0.5) is 0 Å². The van der Waals surface area contributed by atoms with Crippen molar-refractivity contribution in [2.45, 2.75) is 57.3 Å². The van der Waals surface area contributed by atoms with Crippen LogP contribution in [0.2, 0.25) is 0 Å². The van der Waals surface area contributed by atoms with Crippen LogP contribution in [0.25, 0.3) is 0 Å². The van der Waals surface area contributed by atoms with E-state index in [4.69, 9.17) is 10.5 Å². The summed E-state index contributed by atoms with van der Waals surface area (Å²) in [4.78, 5) is 15.1. The number of hydrogen-bond acceptors (Lipinski definition) is 3. The molecule has 0 aromatic heterocycles. The maximum atomic E-state index is 13.1. The van der Waals surface area contributed by atoms with E-state index >= 15 is 0 Å². The SMILES string of the molecule is CC1CN(C(=O)C2CCCCC2(C)N)CC(c2ccccc2)O1. The lowest BCUT2D eigenvalue weighted by molar-refractivity contribution is -0.152. The zero-order chi connectivity index (χ0) is 16.4. The number of nitrogens with zero attached hydrogens (tertiary/aromatic N) is 1. The fourth-order valence-corrected chi connectivity index (χ4v) is 3.97. The highest BCUT2D eigenvalue weighted by molar-refractivity contribution is 5.80. The summed E-state index contributed by atoms with van der Waals surface area (Å²) in [6, 6.07) is 10.2. The van der Waals surface area contributed by atoms with Crippen LogP contribution in [-0.4, -0.2) is 35.5 Å². The molecule has 1 aliphatic carbocycles. The molecule has 1 aromatic carbocycles. The van der Waals surface area contributed by atoms with Crippen molar-refractivity contribution >= 4 is 5.91 Å². The van der Waals surface area contributed by atoms with Crippen LogP contribution < -0.4 is 5.73 Å². The van der Waals surface area contributed by atoms with Crippen LogP contribution in [-0.2, 0) is 9.53 Å². The van der Waals surface area contributed by atoms with Gasteiger partial charge in [0.25, 0.3) is 0 Å². The summed E-state index contributed by atoms with van der Waals surface area (Å²) in [5.74, 6) is 0.156. The highest BCUT2D eigenvalue weighted by atomic mass is 16.5. The standard InChI is InChI=1S/C19H28N2O2/c1-14-12-21(13-17(23-14)15-8-4-3-5-9-15)18(22)16-10-6-7-11-19(16,2)20/h3-5,8-9,14,16-17H,6-7,10-13,20H2,1-2H3. The van der Waals surface area contributed by atoms with Gasteiger partial charge in [-0.3, -0.25) is 4.79 Å². The molecule has 1 amide bonds. The van der Waals surface area contributed by atoms with Gasteiger partial charge in [-0.1, -0.05) is 43.2 Å². The molecule has 0 bridgehead atoms. The molecule has 1 aliphatic heterocycles.